The molecule has 1 aromatic rings. The molecule has 3 saturated heterocycles. The van der Waals surface area contributed by atoms with Crippen LogP contribution in [0.3, 0.4) is 0 Å². The zero-order chi connectivity index (χ0) is 14.8. The SMILES string of the molecule is CNC(c1ccccc1OC(C)C)C1CN2CCN1CC2. The maximum atomic E-state index is 6.03. The maximum Gasteiger partial charge on any atom is 0.124 e. The van der Waals surface area contributed by atoms with E-state index >= 15 is 0 Å². The van der Waals surface area contributed by atoms with Crippen molar-refractivity contribution in [2.75, 3.05) is 39.8 Å². The molecule has 1 N–H and O–H groups in total. The second-order valence-electron chi connectivity index (χ2n) is 6.37. The summed E-state index contributed by atoms with van der Waals surface area (Å²) in [6.07, 6.45) is 0.204. The molecule has 2 atom stereocenters. The number of nitrogens with one attached hydrogen (secondary N) is 1. The molecular weight excluding hydrogens is 262 g/mol. The van der Waals surface area contributed by atoms with Gasteiger partial charge < -0.3 is 10.1 Å². The summed E-state index contributed by atoms with van der Waals surface area (Å²) < 4.78 is 6.03. The van der Waals surface area contributed by atoms with Crippen LogP contribution in [0.25, 0.3) is 0 Å². The van der Waals surface area contributed by atoms with Gasteiger partial charge in [-0.2, -0.15) is 0 Å². The first-order chi connectivity index (χ1) is 10.2. The largest absolute Gasteiger partial charge is 0.491 e. The predicted octanol–water partition coefficient (Wildman–Crippen LogP) is 1.73. The molecule has 116 valence electrons. The van der Waals surface area contributed by atoms with Crippen molar-refractivity contribution in [2.45, 2.75) is 32.0 Å². The van der Waals surface area contributed by atoms with Crippen molar-refractivity contribution in [3.05, 3.63) is 29.8 Å². The molecule has 4 rings (SSSR count). The summed E-state index contributed by atoms with van der Waals surface area (Å²) in [6, 6.07) is 9.33. The average molecular weight is 289 g/mol. The zero-order valence-electron chi connectivity index (χ0n) is 13.4. The Labute approximate surface area is 128 Å². The van der Waals surface area contributed by atoms with Crippen LogP contribution >= 0.6 is 0 Å². The van der Waals surface area contributed by atoms with E-state index in [0.29, 0.717) is 12.1 Å². The van der Waals surface area contributed by atoms with Crippen molar-refractivity contribution in [2.24, 2.45) is 0 Å². The number of nitrogens with zero attached hydrogens (tertiary/aromatic N) is 2. The van der Waals surface area contributed by atoms with Crippen LogP contribution in [-0.4, -0.2) is 61.7 Å². The molecule has 4 nitrogen and oxygen atoms in total. The molecule has 4 heteroatoms. The van der Waals surface area contributed by atoms with Crippen LogP contribution in [0.4, 0.5) is 0 Å². The van der Waals surface area contributed by atoms with E-state index in [1.165, 1.54) is 31.7 Å². The van der Waals surface area contributed by atoms with Gasteiger partial charge in [0, 0.05) is 44.3 Å². The van der Waals surface area contributed by atoms with Crippen molar-refractivity contribution >= 4 is 0 Å². The topological polar surface area (TPSA) is 27.7 Å². The van der Waals surface area contributed by atoms with Crippen molar-refractivity contribution in [1.82, 2.24) is 15.1 Å². The molecule has 2 unspecified atom stereocenters. The molecule has 0 radical (unpaired) electrons. The summed E-state index contributed by atoms with van der Waals surface area (Å²) in [5, 5.41) is 3.54. The molecular formula is C17H27N3O. The second kappa shape index (κ2) is 6.34. The molecule has 2 bridgehead atoms. The highest BCUT2D eigenvalue weighted by Crippen LogP contribution is 2.32. The average Bonchev–Trinajstić information content (AvgIpc) is 2.50. The van der Waals surface area contributed by atoms with Crippen LogP contribution in [0.2, 0.25) is 0 Å². The third kappa shape index (κ3) is 3.07. The lowest BCUT2D eigenvalue weighted by atomic mass is 9.93. The van der Waals surface area contributed by atoms with Crippen LogP contribution in [0, 0.1) is 0 Å². The highest BCUT2D eigenvalue weighted by Gasteiger charge is 2.37. The number of fused-ring (bicyclic) bond motifs is 3. The van der Waals surface area contributed by atoms with E-state index < -0.39 is 0 Å². The third-order valence-electron chi connectivity index (χ3n) is 4.63. The fraction of sp³-hybridized carbons (Fsp3) is 0.647. The second-order valence-corrected chi connectivity index (χ2v) is 6.37. The summed E-state index contributed by atoms with van der Waals surface area (Å²) in [6.45, 7) is 10.1. The molecule has 21 heavy (non-hydrogen) atoms. The lowest BCUT2D eigenvalue weighted by Gasteiger charge is -2.50. The first kappa shape index (κ1) is 14.8. The van der Waals surface area contributed by atoms with Crippen molar-refractivity contribution in [1.29, 1.82) is 0 Å². The first-order valence-electron chi connectivity index (χ1n) is 8.08. The van der Waals surface area contributed by atoms with Gasteiger partial charge in [-0.3, -0.25) is 9.80 Å². The summed E-state index contributed by atoms with van der Waals surface area (Å²) in [4.78, 5) is 5.22. The van der Waals surface area contributed by atoms with Crippen LogP contribution in [0.15, 0.2) is 24.3 Å². The fourth-order valence-corrected chi connectivity index (χ4v) is 3.63. The fourth-order valence-electron chi connectivity index (χ4n) is 3.63. The maximum absolute atomic E-state index is 6.03. The molecule has 3 heterocycles. The number of hydrogen-bond donors (Lipinski definition) is 1. The van der Waals surface area contributed by atoms with Crippen molar-refractivity contribution < 1.29 is 4.74 Å². The van der Waals surface area contributed by atoms with Gasteiger partial charge in [-0.25, -0.2) is 0 Å². The van der Waals surface area contributed by atoms with Gasteiger partial charge in [0.05, 0.1) is 12.1 Å². The quantitative estimate of drug-likeness (QED) is 0.893. The number of likely N-dealkylation sites (N-methyl/N-ethyl adjacent to an activating group) is 1. The van der Waals surface area contributed by atoms with Gasteiger partial charge in [0.2, 0.25) is 0 Å². The minimum atomic E-state index is 0.204. The highest BCUT2D eigenvalue weighted by atomic mass is 16.5. The van der Waals surface area contributed by atoms with Gasteiger partial charge >= 0.3 is 0 Å². The number of para-hydroxylation sites is 1. The van der Waals surface area contributed by atoms with Gasteiger partial charge in [-0.1, -0.05) is 18.2 Å². The Morgan fingerprint density at radius 2 is 1.86 bits per heavy atom. The first-order valence-corrected chi connectivity index (χ1v) is 8.08. The standard InChI is InChI=1S/C17H27N3O/c1-13(2)21-16-7-5-4-6-14(16)17(18-3)15-12-19-8-10-20(15)11-9-19/h4-7,13,15,17-18H,8-12H2,1-3H3. The molecule has 3 fully saturated rings. The van der Waals surface area contributed by atoms with E-state index in [1.54, 1.807) is 0 Å². The molecule has 1 aromatic carbocycles. The third-order valence-corrected chi connectivity index (χ3v) is 4.63. The lowest BCUT2D eigenvalue weighted by Crippen LogP contribution is -2.63. The van der Waals surface area contributed by atoms with E-state index in [-0.39, 0.29) is 6.10 Å². The van der Waals surface area contributed by atoms with Gasteiger partial charge in [-0.05, 0) is 27.0 Å². The molecule has 0 amide bonds. The number of benzene rings is 1. The predicted molar refractivity (Wildman–Crippen MR) is 85.8 cm³/mol. The summed E-state index contributed by atoms with van der Waals surface area (Å²) in [7, 11) is 2.07. The smallest absolute Gasteiger partial charge is 0.124 e. The Balaban J connectivity index is 1.86. The lowest BCUT2D eigenvalue weighted by molar-refractivity contribution is -0.00303. The molecule has 0 saturated carbocycles. The van der Waals surface area contributed by atoms with E-state index in [0.717, 1.165) is 12.3 Å². The van der Waals surface area contributed by atoms with E-state index in [2.05, 4.69) is 60.3 Å². The van der Waals surface area contributed by atoms with Crippen molar-refractivity contribution in [3.63, 3.8) is 0 Å². The number of piperazine rings is 3. The molecule has 0 spiro atoms. The molecule has 3 aliphatic heterocycles. The van der Waals surface area contributed by atoms with Crippen LogP contribution in [0.1, 0.15) is 25.5 Å². The number of rotatable bonds is 5. The Kier molecular flexibility index (Phi) is 4.48. The summed E-state index contributed by atoms with van der Waals surface area (Å²) in [5.41, 5.74) is 1.28. The van der Waals surface area contributed by atoms with E-state index in [1.807, 2.05) is 0 Å². The van der Waals surface area contributed by atoms with Crippen molar-refractivity contribution in [3.8, 4) is 5.75 Å². The molecule has 0 aromatic heterocycles. The van der Waals surface area contributed by atoms with Gasteiger partial charge in [0.25, 0.3) is 0 Å². The monoisotopic (exact) mass is 289 g/mol. The zero-order valence-corrected chi connectivity index (χ0v) is 13.4. The van der Waals surface area contributed by atoms with E-state index in [9.17, 15) is 0 Å². The van der Waals surface area contributed by atoms with Crippen LogP contribution < -0.4 is 10.1 Å². The normalized spacial score (nSPS) is 29.6. The van der Waals surface area contributed by atoms with Gasteiger partial charge in [0.1, 0.15) is 5.75 Å². The van der Waals surface area contributed by atoms with Crippen LogP contribution in [0.5, 0.6) is 5.75 Å². The number of hydrogen-bond acceptors (Lipinski definition) is 4. The van der Waals surface area contributed by atoms with E-state index in [4.69, 9.17) is 4.74 Å². The highest BCUT2D eigenvalue weighted by molar-refractivity contribution is 5.37. The number of ether oxygens (including phenoxy) is 1. The van der Waals surface area contributed by atoms with Crippen LogP contribution in [-0.2, 0) is 0 Å². The minimum absolute atomic E-state index is 0.204. The molecule has 3 aliphatic rings. The molecule has 0 aliphatic carbocycles. The van der Waals surface area contributed by atoms with Gasteiger partial charge in [0.15, 0.2) is 0 Å². The van der Waals surface area contributed by atoms with Gasteiger partial charge in [-0.15, -0.1) is 0 Å². The Bertz CT molecular complexity index is 469. The Morgan fingerprint density at radius 3 is 2.43 bits per heavy atom. The Hall–Kier alpha value is -1.10. The summed E-state index contributed by atoms with van der Waals surface area (Å²) in [5.74, 6) is 1.02. The minimum Gasteiger partial charge on any atom is -0.491 e. The summed E-state index contributed by atoms with van der Waals surface area (Å²) >= 11 is 0. The Morgan fingerprint density at radius 1 is 1.14 bits per heavy atom.